The molecule has 0 fully saturated rings. The molecule has 0 unspecified atom stereocenters. The normalized spacial score (nSPS) is 10.8. The molecule has 18 heavy (non-hydrogen) atoms. The summed E-state index contributed by atoms with van der Waals surface area (Å²) in [6.07, 6.45) is 9.50. The van der Waals surface area contributed by atoms with Crippen molar-refractivity contribution in [2.75, 3.05) is 5.75 Å². The van der Waals surface area contributed by atoms with Crippen molar-refractivity contribution >= 4 is 11.8 Å². The largest absolute Gasteiger partial charge is 0.508 e. The van der Waals surface area contributed by atoms with Crippen LogP contribution in [0.15, 0.2) is 23.1 Å². The Morgan fingerprint density at radius 1 is 1.00 bits per heavy atom. The first-order chi connectivity index (χ1) is 8.75. The number of phenolic OH excluding ortho intramolecular Hbond substituents is 1. The molecule has 0 bridgehead atoms. The minimum Gasteiger partial charge on any atom is -0.508 e. The van der Waals surface area contributed by atoms with Gasteiger partial charge in [-0.2, -0.15) is 0 Å². The zero-order valence-electron chi connectivity index (χ0n) is 11.7. The third kappa shape index (κ3) is 5.81. The highest BCUT2D eigenvalue weighted by molar-refractivity contribution is 7.99. The first-order valence-electron chi connectivity index (χ1n) is 7.17. The molecule has 102 valence electrons. The van der Waals surface area contributed by atoms with Crippen molar-refractivity contribution in [3.05, 3.63) is 23.8 Å². The Bertz CT molecular complexity index is 336. The number of benzene rings is 1. The molecule has 0 atom stereocenters. The summed E-state index contributed by atoms with van der Waals surface area (Å²) in [5.41, 5.74) is 1.02. The topological polar surface area (TPSA) is 20.2 Å². The van der Waals surface area contributed by atoms with Gasteiger partial charge < -0.3 is 5.11 Å². The van der Waals surface area contributed by atoms with E-state index in [1.165, 1.54) is 49.8 Å². The van der Waals surface area contributed by atoms with Crippen LogP contribution in [-0.2, 0) is 0 Å². The second-order valence-corrected chi connectivity index (χ2v) is 6.01. The molecule has 1 aromatic carbocycles. The molecular weight excluding hydrogens is 240 g/mol. The van der Waals surface area contributed by atoms with Gasteiger partial charge in [0.25, 0.3) is 0 Å². The molecule has 1 rings (SSSR count). The minimum atomic E-state index is 0.416. The first kappa shape index (κ1) is 15.4. The van der Waals surface area contributed by atoms with E-state index < -0.39 is 0 Å². The summed E-state index contributed by atoms with van der Waals surface area (Å²) in [5.74, 6) is 1.58. The standard InChI is InChI=1S/C16H26OS/c1-3-4-5-6-7-8-9-13-18-16-12-10-11-15(17)14(16)2/h10-12,17H,3-9,13H2,1-2H3. The van der Waals surface area contributed by atoms with Crippen LogP contribution in [0.5, 0.6) is 5.75 Å². The molecule has 0 aliphatic heterocycles. The van der Waals surface area contributed by atoms with Gasteiger partial charge in [0.1, 0.15) is 5.75 Å². The predicted octanol–water partition coefficient (Wildman–Crippen LogP) is 5.54. The van der Waals surface area contributed by atoms with Gasteiger partial charge in [-0.15, -0.1) is 11.8 Å². The van der Waals surface area contributed by atoms with Crippen LogP contribution in [0.1, 0.15) is 57.4 Å². The minimum absolute atomic E-state index is 0.416. The average molecular weight is 266 g/mol. The van der Waals surface area contributed by atoms with Gasteiger partial charge in [0.05, 0.1) is 0 Å². The number of unbranched alkanes of at least 4 members (excludes halogenated alkanes) is 6. The van der Waals surface area contributed by atoms with E-state index in [0.717, 1.165) is 11.3 Å². The molecule has 0 aromatic heterocycles. The summed E-state index contributed by atoms with van der Waals surface area (Å²) in [6, 6.07) is 5.78. The van der Waals surface area contributed by atoms with Crippen LogP contribution in [0.3, 0.4) is 0 Å². The zero-order chi connectivity index (χ0) is 13.2. The summed E-state index contributed by atoms with van der Waals surface area (Å²) in [6.45, 7) is 4.25. The van der Waals surface area contributed by atoms with Crippen LogP contribution < -0.4 is 0 Å². The van der Waals surface area contributed by atoms with E-state index in [1.807, 2.05) is 24.8 Å². The van der Waals surface area contributed by atoms with E-state index in [4.69, 9.17) is 0 Å². The number of hydrogen-bond donors (Lipinski definition) is 1. The number of phenols is 1. The number of aromatic hydroxyl groups is 1. The fraction of sp³-hybridized carbons (Fsp3) is 0.625. The second-order valence-electron chi connectivity index (χ2n) is 4.87. The molecule has 0 spiro atoms. The molecule has 0 amide bonds. The third-order valence-corrected chi connectivity index (χ3v) is 4.51. The number of thioether (sulfide) groups is 1. The van der Waals surface area contributed by atoms with Crippen LogP contribution in [-0.4, -0.2) is 10.9 Å². The monoisotopic (exact) mass is 266 g/mol. The van der Waals surface area contributed by atoms with Crippen molar-refractivity contribution in [1.82, 2.24) is 0 Å². The van der Waals surface area contributed by atoms with Crippen LogP contribution in [0.25, 0.3) is 0 Å². The highest BCUT2D eigenvalue weighted by Crippen LogP contribution is 2.29. The zero-order valence-corrected chi connectivity index (χ0v) is 12.6. The summed E-state index contributed by atoms with van der Waals surface area (Å²) in [4.78, 5) is 1.22. The molecule has 1 nitrogen and oxygen atoms in total. The van der Waals surface area contributed by atoms with Gasteiger partial charge in [0, 0.05) is 10.5 Å². The van der Waals surface area contributed by atoms with E-state index in [0.29, 0.717) is 5.75 Å². The van der Waals surface area contributed by atoms with Gasteiger partial charge in [0.2, 0.25) is 0 Å². The summed E-state index contributed by atoms with van der Waals surface area (Å²) >= 11 is 1.87. The highest BCUT2D eigenvalue weighted by Gasteiger charge is 2.02. The van der Waals surface area contributed by atoms with Crippen molar-refractivity contribution in [3.8, 4) is 5.75 Å². The third-order valence-electron chi connectivity index (χ3n) is 3.26. The van der Waals surface area contributed by atoms with Crippen LogP contribution >= 0.6 is 11.8 Å². The van der Waals surface area contributed by atoms with Crippen LogP contribution in [0.4, 0.5) is 0 Å². The van der Waals surface area contributed by atoms with Gasteiger partial charge >= 0.3 is 0 Å². The Kier molecular flexibility index (Phi) is 7.99. The Morgan fingerprint density at radius 3 is 2.39 bits per heavy atom. The van der Waals surface area contributed by atoms with Crippen molar-refractivity contribution < 1.29 is 5.11 Å². The molecule has 0 heterocycles. The van der Waals surface area contributed by atoms with Crippen molar-refractivity contribution in [2.45, 2.75) is 63.7 Å². The van der Waals surface area contributed by atoms with Gasteiger partial charge in [-0.05, 0) is 31.2 Å². The summed E-state index contributed by atoms with van der Waals surface area (Å²) < 4.78 is 0. The van der Waals surface area contributed by atoms with Gasteiger partial charge in [0.15, 0.2) is 0 Å². The maximum Gasteiger partial charge on any atom is 0.119 e. The Labute approximate surface area is 116 Å². The van der Waals surface area contributed by atoms with Crippen molar-refractivity contribution in [1.29, 1.82) is 0 Å². The molecule has 0 saturated carbocycles. The van der Waals surface area contributed by atoms with Crippen LogP contribution in [0.2, 0.25) is 0 Å². The molecule has 1 aromatic rings. The summed E-state index contributed by atoms with van der Waals surface area (Å²) in [5, 5.41) is 9.61. The number of rotatable bonds is 9. The van der Waals surface area contributed by atoms with Gasteiger partial charge in [-0.3, -0.25) is 0 Å². The second kappa shape index (κ2) is 9.32. The Hall–Kier alpha value is -0.630. The van der Waals surface area contributed by atoms with Crippen LogP contribution in [0, 0.1) is 6.92 Å². The highest BCUT2D eigenvalue weighted by atomic mass is 32.2. The van der Waals surface area contributed by atoms with Gasteiger partial charge in [-0.25, -0.2) is 0 Å². The van der Waals surface area contributed by atoms with E-state index in [2.05, 4.69) is 13.0 Å². The number of hydrogen-bond acceptors (Lipinski definition) is 2. The average Bonchev–Trinajstić information content (AvgIpc) is 2.37. The fourth-order valence-electron chi connectivity index (χ4n) is 2.00. The first-order valence-corrected chi connectivity index (χ1v) is 8.15. The lowest BCUT2D eigenvalue weighted by molar-refractivity contribution is 0.469. The lowest BCUT2D eigenvalue weighted by Gasteiger charge is -2.07. The molecule has 0 radical (unpaired) electrons. The lowest BCUT2D eigenvalue weighted by Crippen LogP contribution is -1.85. The summed E-state index contributed by atoms with van der Waals surface area (Å²) in [7, 11) is 0. The molecule has 0 saturated heterocycles. The van der Waals surface area contributed by atoms with Crippen molar-refractivity contribution in [2.24, 2.45) is 0 Å². The van der Waals surface area contributed by atoms with E-state index in [1.54, 1.807) is 6.07 Å². The lowest BCUT2D eigenvalue weighted by atomic mass is 10.1. The van der Waals surface area contributed by atoms with E-state index >= 15 is 0 Å². The maximum absolute atomic E-state index is 9.61. The molecular formula is C16H26OS. The van der Waals surface area contributed by atoms with Gasteiger partial charge in [-0.1, -0.05) is 51.5 Å². The molecule has 1 N–H and O–H groups in total. The Balaban J connectivity index is 2.09. The van der Waals surface area contributed by atoms with E-state index in [9.17, 15) is 5.11 Å². The molecule has 0 aliphatic rings. The SMILES string of the molecule is CCCCCCCCCSc1cccc(O)c1C. The van der Waals surface area contributed by atoms with Crippen molar-refractivity contribution in [3.63, 3.8) is 0 Å². The maximum atomic E-state index is 9.61. The fourth-order valence-corrected chi connectivity index (χ4v) is 3.06. The molecule has 2 heteroatoms. The molecule has 0 aliphatic carbocycles. The quantitative estimate of drug-likeness (QED) is 0.467. The van der Waals surface area contributed by atoms with E-state index in [-0.39, 0.29) is 0 Å². The predicted molar refractivity (Wildman–Crippen MR) is 81.6 cm³/mol. The Morgan fingerprint density at radius 2 is 1.67 bits per heavy atom. The smallest absolute Gasteiger partial charge is 0.119 e.